The number of nitrogens with one attached hydrogen (secondary N) is 1. The molecule has 0 bridgehead atoms. The Morgan fingerprint density at radius 2 is 1.62 bits per heavy atom. The van der Waals surface area contributed by atoms with Crippen LogP contribution in [-0.2, 0) is 4.79 Å². The SMILES string of the molecule is NC(=S)NC(=O)C(F)(F)C(F)(F)F. The highest BCUT2D eigenvalue weighted by Crippen LogP contribution is 2.35. The van der Waals surface area contributed by atoms with Crippen LogP contribution in [0.15, 0.2) is 0 Å². The van der Waals surface area contributed by atoms with Gasteiger partial charge in [-0.1, -0.05) is 0 Å². The molecule has 0 aromatic heterocycles. The van der Waals surface area contributed by atoms with Crippen molar-refractivity contribution in [1.82, 2.24) is 5.32 Å². The molecule has 0 aliphatic heterocycles. The lowest BCUT2D eigenvalue weighted by molar-refractivity contribution is -0.269. The highest BCUT2D eigenvalue weighted by atomic mass is 32.1. The monoisotopic (exact) mass is 222 g/mol. The molecule has 0 aromatic rings. The number of alkyl halides is 5. The molecule has 9 heteroatoms. The van der Waals surface area contributed by atoms with Crippen molar-refractivity contribution < 1.29 is 26.7 Å². The number of carbonyl (C=O) groups is 1. The molecule has 0 saturated carbocycles. The highest BCUT2D eigenvalue weighted by molar-refractivity contribution is 7.80. The van der Waals surface area contributed by atoms with Gasteiger partial charge in [0.1, 0.15) is 0 Å². The minimum absolute atomic E-state index is 0.950. The van der Waals surface area contributed by atoms with Crippen molar-refractivity contribution in [3.05, 3.63) is 0 Å². The second-order valence-corrected chi connectivity index (χ2v) is 2.33. The Morgan fingerprint density at radius 3 is 1.85 bits per heavy atom. The van der Waals surface area contributed by atoms with Crippen molar-refractivity contribution in [3.8, 4) is 0 Å². The summed E-state index contributed by atoms with van der Waals surface area (Å²) in [6, 6.07) is 0. The van der Waals surface area contributed by atoms with Crippen molar-refractivity contribution in [2.24, 2.45) is 5.73 Å². The van der Waals surface area contributed by atoms with Crippen molar-refractivity contribution in [2.75, 3.05) is 0 Å². The van der Waals surface area contributed by atoms with Crippen LogP contribution in [0.4, 0.5) is 22.0 Å². The maximum atomic E-state index is 12.0. The molecule has 0 aliphatic rings. The third-order valence-corrected chi connectivity index (χ3v) is 0.980. The summed E-state index contributed by atoms with van der Waals surface area (Å²) < 4.78 is 58.4. The fourth-order valence-corrected chi connectivity index (χ4v) is 0.412. The maximum Gasteiger partial charge on any atom is 0.463 e. The molecule has 0 saturated heterocycles. The molecule has 1 amide bonds. The van der Waals surface area contributed by atoms with E-state index in [-0.39, 0.29) is 0 Å². The smallest absolute Gasteiger partial charge is 0.376 e. The molecular weight excluding hydrogens is 219 g/mol. The molecule has 0 spiro atoms. The van der Waals surface area contributed by atoms with Crippen LogP contribution in [0.25, 0.3) is 0 Å². The van der Waals surface area contributed by atoms with Gasteiger partial charge in [0.05, 0.1) is 0 Å². The zero-order valence-electron chi connectivity index (χ0n) is 5.78. The lowest BCUT2D eigenvalue weighted by Gasteiger charge is -2.17. The number of thiocarbonyl (C=S) groups is 1. The van der Waals surface area contributed by atoms with Crippen LogP contribution in [0.3, 0.4) is 0 Å². The second kappa shape index (κ2) is 3.40. The molecule has 0 heterocycles. The largest absolute Gasteiger partial charge is 0.463 e. The molecule has 0 fully saturated rings. The van der Waals surface area contributed by atoms with Gasteiger partial charge in [0.15, 0.2) is 5.11 Å². The average molecular weight is 222 g/mol. The molecule has 13 heavy (non-hydrogen) atoms. The number of amides is 1. The molecular formula is C4H3F5N2OS. The summed E-state index contributed by atoms with van der Waals surface area (Å²) in [5.74, 6) is -8.08. The summed E-state index contributed by atoms with van der Waals surface area (Å²) >= 11 is 3.91. The zero-order valence-corrected chi connectivity index (χ0v) is 6.60. The van der Waals surface area contributed by atoms with Gasteiger partial charge in [-0.05, 0) is 12.2 Å². The van der Waals surface area contributed by atoms with Crippen LogP contribution in [0.2, 0.25) is 0 Å². The van der Waals surface area contributed by atoms with Crippen molar-refractivity contribution in [2.45, 2.75) is 12.1 Å². The van der Waals surface area contributed by atoms with Crippen LogP contribution in [0.1, 0.15) is 0 Å². The van der Waals surface area contributed by atoms with Crippen LogP contribution >= 0.6 is 12.2 Å². The first-order valence-corrected chi connectivity index (χ1v) is 3.05. The summed E-state index contributed by atoms with van der Waals surface area (Å²) in [6.07, 6.45) is -5.96. The summed E-state index contributed by atoms with van der Waals surface area (Å²) in [7, 11) is 0. The van der Waals surface area contributed by atoms with Crippen molar-refractivity contribution in [3.63, 3.8) is 0 Å². The van der Waals surface area contributed by atoms with Gasteiger partial charge >= 0.3 is 18.0 Å². The number of halogens is 5. The van der Waals surface area contributed by atoms with Crippen molar-refractivity contribution >= 4 is 23.2 Å². The molecule has 0 rings (SSSR count). The van der Waals surface area contributed by atoms with Gasteiger partial charge in [-0.3, -0.25) is 10.1 Å². The molecule has 0 unspecified atom stereocenters. The summed E-state index contributed by atoms with van der Waals surface area (Å²) in [4.78, 5) is 10.2. The van der Waals surface area contributed by atoms with Crippen LogP contribution in [0, 0.1) is 0 Å². The van der Waals surface area contributed by atoms with E-state index in [1.54, 1.807) is 0 Å². The van der Waals surface area contributed by atoms with Gasteiger partial charge in [-0.25, -0.2) is 0 Å². The molecule has 76 valence electrons. The Kier molecular flexibility index (Phi) is 3.14. The van der Waals surface area contributed by atoms with E-state index in [0.717, 1.165) is 5.32 Å². The highest BCUT2D eigenvalue weighted by Gasteiger charge is 2.63. The summed E-state index contributed by atoms with van der Waals surface area (Å²) in [6.45, 7) is 0. The van der Waals surface area contributed by atoms with Gasteiger partial charge in [-0.15, -0.1) is 0 Å². The minimum atomic E-state index is -5.96. The molecule has 3 nitrogen and oxygen atoms in total. The fraction of sp³-hybridized carbons (Fsp3) is 0.500. The van der Waals surface area contributed by atoms with Gasteiger partial charge in [0, 0.05) is 0 Å². The Bertz CT molecular complexity index is 237. The fourth-order valence-electron chi connectivity index (χ4n) is 0.319. The Balaban J connectivity index is 4.65. The van der Waals surface area contributed by atoms with Gasteiger partial charge in [-0.2, -0.15) is 22.0 Å². The number of carbonyl (C=O) groups excluding carboxylic acids is 1. The van der Waals surface area contributed by atoms with Gasteiger partial charge < -0.3 is 5.73 Å². The quantitative estimate of drug-likeness (QED) is 0.503. The molecule has 0 radical (unpaired) electrons. The lowest BCUT2D eigenvalue weighted by Crippen LogP contribution is -2.53. The molecule has 0 aliphatic carbocycles. The average Bonchev–Trinajstić information content (AvgIpc) is 1.82. The van der Waals surface area contributed by atoms with E-state index < -0.39 is 23.1 Å². The first-order valence-electron chi connectivity index (χ1n) is 2.64. The summed E-state index contributed by atoms with van der Waals surface area (Å²) in [5.41, 5.74) is 4.53. The predicted octanol–water partition coefficient (Wildman–Crippen LogP) is 0.544. The zero-order chi connectivity index (χ0) is 10.9. The van der Waals surface area contributed by atoms with Gasteiger partial charge in [0.2, 0.25) is 0 Å². The molecule has 0 aromatic carbocycles. The molecule has 3 N–H and O–H groups in total. The molecule has 0 atom stereocenters. The van der Waals surface area contributed by atoms with E-state index in [4.69, 9.17) is 0 Å². The predicted molar refractivity (Wildman–Crippen MR) is 35.9 cm³/mol. The van der Waals surface area contributed by atoms with Crippen LogP contribution in [-0.4, -0.2) is 23.1 Å². The maximum absolute atomic E-state index is 12.0. The van der Waals surface area contributed by atoms with E-state index in [1.807, 2.05) is 0 Å². The van der Waals surface area contributed by atoms with E-state index in [2.05, 4.69) is 18.0 Å². The number of hydrogen-bond acceptors (Lipinski definition) is 2. The Morgan fingerprint density at radius 1 is 1.23 bits per heavy atom. The van der Waals surface area contributed by atoms with Crippen molar-refractivity contribution in [1.29, 1.82) is 0 Å². The third-order valence-electron chi connectivity index (χ3n) is 0.878. The first kappa shape index (κ1) is 12.0. The number of nitrogens with two attached hydrogens (primary N) is 1. The van der Waals surface area contributed by atoms with E-state index in [9.17, 15) is 26.7 Å². The minimum Gasteiger partial charge on any atom is -0.376 e. The summed E-state index contributed by atoms with van der Waals surface area (Å²) in [5, 5.41) is 0.0398. The Hall–Kier alpha value is -0.990. The van der Waals surface area contributed by atoms with E-state index in [0.29, 0.717) is 0 Å². The van der Waals surface area contributed by atoms with Crippen LogP contribution < -0.4 is 11.1 Å². The third kappa shape index (κ3) is 2.76. The number of rotatable bonds is 1. The normalized spacial score (nSPS) is 12.4. The second-order valence-electron chi connectivity index (χ2n) is 1.89. The van der Waals surface area contributed by atoms with Crippen LogP contribution in [0.5, 0.6) is 0 Å². The van der Waals surface area contributed by atoms with E-state index >= 15 is 0 Å². The van der Waals surface area contributed by atoms with E-state index in [1.165, 1.54) is 0 Å². The first-order chi connectivity index (χ1) is 5.59. The standard InChI is InChI=1S/C4H3F5N2OS/c5-3(6,4(7,8)9)1(12)11-2(10)13/h(H3,10,11,12,13). The Labute approximate surface area is 74.1 Å². The van der Waals surface area contributed by atoms with Gasteiger partial charge in [0.25, 0.3) is 0 Å². The number of hydrogen-bond donors (Lipinski definition) is 2. The lowest BCUT2D eigenvalue weighted by atomic mass is 10.3. The topological polar surface area (TPSA) is 55.1 Å².